The molecule has 0 radical (unpaired) electrons. The zero-order valence-corrected chi connectivity index (χ0v) is 16.8. The summed E-state index contributed by atoms with van der Waals surface area (Å²) in [7, 11) is -3.17. The van der Waals surface area contributed by atoms with E-state index in [2.05, 4.69) is 4.98 Å². The lowest BCUT2D eigenvalue weighted by Gasteiger charge is -2.33. The van der Waals surface area contributed by atoms with Crippen molar-refractivity contribution in [3.63, 3.8) is 0 Å². The summed E-state index contributed by atoms with van der Waals surface area (Å²) >= 11 is 0. The summed E-state index contributed by atoms with van der Waals surface area (Å²) in [5.74, 6) is -2.65. The highest BCUT2D eigenvalue weighted by Gasteiger charge is 2.49. The van der Waals surface area contributed by atoms with Gasteiger partial charge in [0, 0.05) is 38.6 Å². The van der Waals surface area contributed by atoms with E-state index in [1.807, 2.05) is 17.0 Å². The summed E-state index contributed by atoms with van der Waals surface area (Å²) < 4.78 is 58.1. The summed E-state index contributed by atoms with van der Waals surface area (Å²) in [5.41, 5.74) is 1.01. The molecule has 12 heteroatoms. The maximum absolute atomic E-state index is 12.8. The van der Waals surface area contributed by atoms with Gasteiger partial charge in [-0.1, -0.05) is 6.07 Å². The van der Waals surface area contributed by atoms with Crippen molar-refractivity contribution >= 4 is 21.9 Å². The van der Waals surface area contributed by atoms with Crippen LogP contribution in [0.2, 0.25) is 0 Å². The van der Waals surface area contributed by atoms with E-state index in [0.717, 1.165) is 24.8 Å². The third kappa shape index (κ3) is 5.09. The average Bonchev–Trinajstić information content (AvgIpc) is 3.44. The second-order valence-electron chi connectivity index (χ2n) is 7.64. The second kappa shape index (κ2) is 8.50. The van der Waals surface area contributed by atoms with Gasteiger partial charge in [0.15, 0.2) is 0 Å². The number of rotatable bonds is 4. The average molecular weight is 449 g/mol. The van der Waals surface area contributed by atoms with Crippen LogP contribution in [0.5, 0.6) is 0 Å². The molecule has 0 aromatic carbocycles. The van der Waals surface area contributed by atoms with E-state index in [1.54, 1.807) is 16.7 Å². The summed E-state index contributed by atoms with van der Waals surface area (Å²) in [6.45, 7) is 2.15. The van der Waals surface area contributed by atoms with Crippen LogP contribution in [0, 0.1) is 11.8 Å². The van der Waals surface area contributed by atoms with Crippen LogP contribution in [0.1, 0.15) is 24.8 Å². The molecule has 30 heavy (non-hydrogen) atoms. The van der Waals surface area contributed by atoms with E-state index in [4.69, 9.17) is 9.90 Å². The molecule has 1 N–H and O–H groups in total. The SMILES string of the molecule is O=C(O)C(F)(F)F.O=C1C2CN(S(=O)(=O)C3CC3)CC2CCN1Cc1cccnc1. The molecule has 0 spiro atoms. The minimum absolute atomic E-state index is 0.0959. The van der Waals surface area contributed by atoms with Crippen molar-refractivity contribution in [3.8, 4) is 0 Å². The van der Waals surface area contributed by atoms with Crippen molar-refractivity contribution in [2.45, 2.75) is 37.2 Å². The van der Waals surface area contributed by atoms with Gasteiger partial charge in [-0.25, -0.2) is 17.5 Å². The molecule has 8 nitrogen and oxygen atoms in total. The van der Waals surface area contributed by atoms with Crippen LogP contribution in [0.4, 0.5) is 13.2 Å². The number of amides is 1. The summed E-state index contributed by atoms with van der Waals surface area (Å²) in [6, 6.07) is 3.83. The van der Waals surface area contributed by atoms with E-state index < -0.39 is 22.2 Å². The standard InChI is InChI=1S/C16H21N3O3S.C2HF3O2/c20-16-15-11-19(23(21,22)14-3-4-14)10-13(15)5-7-18(16)9-12-2-1-6-17-8-12;3-2(4,5)1(6)7/h1-2,6,8,13-15H,3-5,7,9-11H2;(H,6,7). The highest BCUT2D eigenvalue weighted by atomic mass is 32.2. The number of nitrogens with zero attached hydrogens (tertiary/aromatic N) is 3. The number of hydrogen-bond acceptors (Lipinski definition) is 5. The molecule has 1 aliphatic carbocycles. The highest BCUT2D eigenvalue weighted by molar-refractivity contribution is 7.90. The van der Waals surface area contributed by atoms with Gasteiger partial charge in [-0.05, 0) is 36.8 Å². The van der Waals surface area contributed by atoms with Crippen molar-refractivity contribution in [2.24, 2.45) is 11.8 Å². The minimum atomic E-state index is -5.08. The topological polar surface area (TPSA) is 108 Å². The van der Waals surface area contributed by atoms with Crippen molar-refractivity contribution < 1.29 is 36.3 Å². The smallest absolute Gasteiger partial charge is 0.475 e. The number of carboxylic acid groups (broad SMARTS) is 1. The van der Waals surface area contributed by atoms with E-state index >= 15 is 0 Å². The fourth-order valence-electron chi connectivity index (χ4n) is 3.72. The van der Waals surface area contributed by atoms with E-state index in [0.29, 0.717) is 26.2 Å². The maximum Gasteiger partial charge on any atom is 0.490 e. The minimum Gasteiger partial charge on any atom is -0.475 e. The zero-order chi connectivity index (χ0) is 22.1. The van der Waals surface area contributed by atoms with Crippen LogP contribution in [-0.4, -0.2) is 70.7 Å². The Morgan fingerprint density at radius 1 is 1.23 bits per heavy atom. The zero-order valence-electron chi connectivity index (χ0n) is 16.0. The molecule has 1 amide bonds. The first-order valence-electron chi connectivity index (χ1n) is 9.47. The van der Waals surface area contributed by atoms with Crippen molar-refractivity contribution in [1.82, 2.24) is 14.2 Å². The number of carboxylic acids is 1. The molecule has 3 heterocycles. The predicted molar refractivity (Wildman–Crippen MR) is 98.5 cm³/mol. The fourth-order valence-corrected chi connectivity index (χ4v) is 5.64. The molecule has 1 aromatic heterocycles. The number of hydrogen-bond donors (Lipinski definition) is 1. The third-order valence-corrected chi connectivity index (χ3v) is 7.78. The van der Waals surface area contributed by atoms with Gasteiger partial charge < -0.3 is 10.0 Å². The van der Waals surface area contributed by atoms with Gasteiger partial charge in [0.1, 0.15) is 0 Å². The molecule has 166 valence electrons. The Bertz CT molecular complexity index is 890. The molecule has 1 saturated carbocycles. The molecule has 2 saturated heterocycles. The Morgan fingerprint density at radius 3 is 2.43 bits per heavy atom. The predicted octanol–water partition coefficient (Wildman–Crippen LogP) is 1.49. The highest BCUT2D eigenvalue weighted by Crippen LogP contribution is 2.38. The maximum atomic E-state index is 12.8. The van der Waals surface area contributed by atoms with Crippen molar-refractivity contribution in [3.05, 3.63) is 30.1 Å². The Kier molecular flexibility index (Phi) is 6.37. The summed E-state index contributed by atoms with van der Waals surface area (Å²) in [5, 5.41) is 6.93. The van der Waals surface area contributed by atoms with Crippen LogP contribution < -0.4 is 0 Å². The number of aliphatic carboxylic acids is 1. The monoisotopic (exact) mass is 449 g/mol. The van der Waals surface area contributed by atoms with Crippen LogP contribution in [0.3, 0.4) is 0 Å². The largest absolute Gasteiger partial charge is 0.490 e. The van der Waals surface area contributed by atoms with Gasteiger partial charge in [0.05, 0.1) is 11.2 Å². The van der Waals surface area contributed by atoms with Gasteiger partial charge in [-0.3, -0.25) is 9.78 Å². The molecule has 2 aliphatic heterocycles. The molecule has 3 fully saturated rings. The number of fused-ring (bicyclic) bond motifs is 1. The number of piperidine rings is 1. The fraction of sp³-hybridized carbons (Fsp3) is 0.611. The van der Waals surface area contributed by atoms with Crippen LogP contribution in [-0.2, 0) is 26.2 Å². The second-order valence-corrected chi connectivity index (χ2v) is 9.85. The van der Waals surface area contributed by atoms with Crippen molar-refractivity contribution in [2.75, 3.05) is 19.6 Å². The Balaban J connectivity index is 0.000000318. The summed E-state index contributed by atoms with van der Waals surface area (Å²) in [4.78, 5) is 27.6. The molecule has 2 unspecified atom stereocenters. The van der Waals surface area contributed by atoms with Crippen LogP contribution >= 0.6 is 0 Å². The third-order valence-electron chi connectivity index (χ3n) is 5.45. The molecular weight excluding hydrogens is 427 g/mol. The number of halogens is 3. The molecular formula is C18H22F3N3O5S. The Morgan fingerprint density at radius 2 is 1.90 bits per heavy atom. The number of aromatic nitrogens is 1. The molecule has 3 aliphatic rings. The number of sulfonamides is 1. The van der Waals surface area contributed by atoms with Crippen LogP contribution in [0.25, 0.3) is 0 Å². The lowest BCUT2D eigenvalue weighted by Crippen LogP contribution is -2.44. The number of alkyl halides is 3. The van der Waals surface area contributed by atoms with E-state index in [9.17, 15) is 26.4 Å². The summed E-state index contributed by atoms with van der Waals surface area (Å²) in [6.07, 6.45) is 0.838. The van der Waals surface area contributed by atoms with E-state index in [-0.39, 0.29) is 23.0 Å². The van der Waals surface area contributed by atoms with Crippen molar-refractivity contribution in [1.29, 1.82) is 0 Å². The normalized spacial score (nSPS) is 24.8. The van der Waals surface area contributed by atoms with Gasteiger partial charge >= 0.3 is 12.1 Å². The lowest BCUT2D eigenvalue weighted by atomic mass is 9.88. The van der Waals surface area contributed by atoms with Gasteiger partial charge in [0.2, 0.25) is 15.9 Å². The Labute approximate surface area is 171 Å². The first-order valence-corrected chi connectivity index (χ1v) is 11.0. The first-order chi connectivity index (χ1) is 14.0. The number of pyridine rings is 1. The molecule has 2 atom stereocenters. The quantitative estimate of drug-likeness (QED) is 0.746. The van der Waals surface area contributed by atoms with Gasteiger partial charge in [0.25, 0.3) is 0 Å². The van der Waals surface area contributed by atoms with Gasteiger partial charge in [-0.15, -0.1) is 0 Å². The van der Waals surface area contributed by atoms with E-state index in [1.165, 1.54) is 0 Å². The first kappa shape index (κ1) is 22.5. The molecule has 4 rings (SSSR count). The Hall–Kier alpha value is -2.21. The number of carbonyl (C=O) groups is 2. The number of likely N-dealkylation sites (tertiary alicyclic amines) is 1. The van der Waals surface area contributed by atoms with Gasteiger partial charge in [-0.2, -0.15) is 13.2 Å². The van der Waals surface area contributed by atoms with Crippen LogP contribution in [0.15, 0.2) is 24.5 Å². The molecule has 1 aromatic rings. The molecule has 0 bridgehead atoms. The number of carbonyl (C=O) groups excluding carboxylic acids is 1. The lowest BCUT2D eigenvalue weighted by molar-refractivity contribution is -0.192.